The Labute approximate surface area is 184 Å². The van der Waals surface area contributed by atoms with E-state index in [0.717, 1.165) is 52.9 Å². The summed E-state index contributed by atoms with van der Waals surface area (Å²) in [4.78, 5) is 12.5. The molecule has 1 aliphatic rings. The van der Waals surface area contributed by atoms with Crippen LogP contribution in [0, 0.1) is 0 Å². The average Bonchev–Trinajstić information content (AvgIpc) is 3.55. The minimum absolute atomic E-state index is 0.0849. The van der Waals surface area contributed by atoms with Crippen LogP contribution in [-0.4, -0.2) is 30.3 Å². The van der Waals surface area contributed by atoms with E-state index in [1.165, 1.54) is 11.1 Å². The van der Waals surface area contributed by atoms with E-state index >= 15 is 0 Å². The Bertz CT molecular complexity index is 1410. The highest BCUT2D eigenvalue weighted by molar-refractivity contribution is 5.84. The van der Waals surface area contributed by atoms with Gasteiger partial charge in [0.2, 0.25) is 0 Å². The van der Waals surface area contributed by atoms with E-state index in [0.29, 0.717) is 17.2 Å². The van der Waals surface area contributed by atoms with E-state index in [1.807, 2.05) is 36.5 Å². The first-order chi connectivity index (χ1) is 15.7. The number of H-pyrrole nitrogens is 2. The first kappa shape index (κ1) is 18.8. The molecule has 1 aliphatic heterocycles. The highest BCUT2D eigenvalue weighted by atomic mass is 16.3. The van der Waals surface area contributed by atoms with E-state index < -0.39 is 0 Å². The van der Waals surface area contributed by atoms with Crippen LogP contribution in [0.1, 0.15) is 23.7 Å². The van der Waals surface area contributed by atoms with E-state index in [-0.39, 0.29) is 5.75 Å². The Morgan fingerprint density at radius 1 is 1.00 bits per heavy atom. The number of fused-ring (bicyclic) bond motifs is 2. The van der Waals surface area contributed by atoms with E-state index in [1.54, 1.807) is 0 Å². The molecular weight excluding hydrogens is 400 g/mol. The van der Waals surface area contributed by atoms with Gasteiger partial charge in [-0.25, -0.2) is 4.98 Å². The number of aromatic amines is 2. The minimum atomic E-state index is 0.0849. The van der Waals surface area contributed by atoms with Crippen molar-refractivity contribution in [3.05, 3.63) is 71.5 Å². The summed E-state index contributed by atoms with van der Waals surface area (Å²) in [6, 6.07) is 16.3. The number of hydrogen-bond acceptors (Lipinski definition) is 5. The van der Waals surface area contributed by atoms with Gasteiger partial charge in [0.1, 0.15) is 11.4 Å². The lowest BCUT2D eigenvalue weighted by Gasteiger charge is -2.07. The number of nitrogens with zero attached hydrogens (tertiary/aromatic N) is 3. The maximum Gasteiger partial charge on any atom is 0.172 e. The van der Waals surface area contributed by atoms with E-state index in [2.05, 4.69) is 55.6 Å². The zero-order valence-electron chi connectivity index (χ0n) is 17.6. The van der Waals surface area contributed by atoms with Gasteiger partial charge in [-0.15, -0.1) is 0 Å². The van der Waals surface area contributed by atoms with Crippen molar-refractivity contribution in [2.24, 2.45) is 0 Å². The van der Waals surface area contributed by atoms with Gasteiger partial charge in [0, 0.05) is 36.1 Å². The summed E-state index contributed by atoms with van der Waals surface area (Å²) in [6.45, 7) is 3.84. The molecule has 5 aromatic rings. The summed E-state index contributed by atoms with van der Waals surface area (Å²) >= 11 is 0. The molecule has 0 radical (unpaired) electrons. The molecule has 158 valence electrons. The Balaban J connectivity index is 1.34. The lowest BCUT2D eigenvalue weighted by atomic mass is 10.0. The fourth-order valence-electron chi connectivity index (χ4n) is 4.42. The number of aromatic hydroxyl groups is 1. The molecule has 0 unspecified atom stereocenters. The van der Waals surface area contributed by atoms with Crippen molar-refractivity contribution in [1.29, 1.82) is 0 Å². The van der Waals surface area contributed by atoms with Gasteiger partial charge in [0.25, 0.3) is 0 Å². The van der Waals surface area contributed by atoms with Gasteiger partial charge in [0.15, 0.2) is 11.6 Å². The molecule has 7 heteroatoms. The van der Waals surface area contributed by atoms with Crippen LogP contribution >= 0.6 is 0 Å². The maximum absolute atomic E-state index is 10.9. The minimum Gasteiger partial charge on any atom is -0.504 e. The fraction of sp³-hybridized carbons (Fsp3) is 0.160. The van der Waals surface area contributed by atoms with Crippen molar-refractivity contribution in [3.8, 4) is 39.7 Å². The van der Waals surface area contributed by atoms with E-state index in [9.17, 15) is 5.11 Å². The van der Waals surface area contributed by atoms with Gasteiger partial charge in [-0.3, -0.25) is 10.1 Å². The molecule has 0 saturated heterocycles. The summed E-state index contributed by atoms with van der Waals surface area (Å²) in [6.07, 6.45) is 2.70. The lowest BCUT2D eigenvalue weighted by molar-refractivity contribution is 0.479. The number of hydrogen-bond donors (Lipinski definition) is 4. The normalized spacial score (nSPS) is 13.0. The van der Waals surface area contributed by atoms with Crippen molar-refractivity contribution in [2.75, 3.05) is 0 Å². The summed E-state index contributed by atoms with van der Waals surface area (Å²) in [5.74, 6) is 0.661. The average molecular weight is 422 g/mol. The highest BCUT2D eigenvalue weighted by Gasteiger charge is 2.20. The monoisotopic (exact) mass is 422 g/mol. The van der Waals surface area contributed by atoms with Gasteiger partial charge in [0.05, 0.1) is 11.0 Å². The number of benzene rings is 2. The summed E-state index contributed by atoms with van der Waals surface area (Å²) < 4.78 is 0. The smallest absolute Gasteiger partial charge is 0.172 e. The van der Waals surface area contributed by atoms with Crippen LogP contribution in [0.3, 0.4) is 0 Å². The summed E-state index contributed by atoms with van der Waals surface area (Å²) in [7, 11) is 0. The summed E-state index contributed by atoms with van der Waals surface area (Å²) in [5.41, 5.74) is 9.48. The second-order valence-electron chi connectivity index (χ2n) is 8.05. The molecule has 6 rings (SSSR count). The van der Waals surface area contributed by atoms with Crippen molar-refractivity contribution < 1.29 is 5.11 Å². The largest absolute Gasteiger partial charge is 0.504 e. The predicted octanol–water partition coefficient (Wildman–Crippen LogP) is 4.55. The molecule has 0 atom stereocenters. The second-order valence-corrected chi connectivity index (χ2v) is 8.05. The van der Waals surface area contributed by atoms with Gasteiger partial charge in [-0.1, -0.05) is 37.3 Å². The molecule has 0 aliphatic carbocycles. The molecule has 4 heterocycles. The number of imidazole rings is 1. The molecule has 3 aromatic heterocycles. The molecule has 0 amide bonds. The molecule has 32 heavy (non-hydrogen) atoms. The molecule has 0 bridgehead atoms. The maximum atomic E-state index is 10.9. The zero-order chi connectivity index (χ0) is 21.7. The second kappa shape index (κ2) is 7.32. The zero-order valence-corrected chi connectivity index (χ0v) is 17.6. The first-order valence-corrected chi connectivity index (χ1v) is 10.8. The van der Waals surface area contributed by atoms with Crippen LogP contribution in [0.2, 0.25) is 0 Å². The third-order valence-electron chi connectivity index (χ3n) is 6.11. The highest BCUT2D eigenvalue weighted by Crippen LogP contribution is 2.36. The van der Waals surface area contributed by atoms with Crippen molar-refractivity contribution in [2.45, 2.75) is 26.4 Å². The lowest BCUT2D eigenvalue weighted by Crippen LogP contribution is -1.99. The molecular formula is C25H22N6O. The van der Waals surface area contributed by atoms with Crippen LogP contribution < -0.4 is 5.32 Å². The molecule has 4 N–H and O–H groups in total. The Morgan fingerprint density at radius 3 is 2.59 bits per heavy atom. The molecule has 0 fully saturated rings. The molecule has 0 saturated carbocycles. The van der Waals surface area contributed by atoms with Crippen LogP contribution in [0.25, 0.3) is 44.9 Å². The Kier molecular flexibility index (Phi) is 4.29. The van der Waals surface area contributed by atoms with Crippen LogP contribution in [-0.2, 0) is 19.5 Å². The van der Waals surface area contributed by atoms with Crippen LogP contribution in [0.5, 0.6) is 5.75 Å². The quantitative estimate of drug-likeness (QED) is 0.340. The number of aromatic nitrogens is 5. The molecule has 7 nitrogen and oxygen atoms in total. The number of rotatable bonds is 4. The van der Waals surface area contributed by atoms with Crippen LogP contribution in [0.15, 0.2) is 54.7 Å². The SMILES string of the molecule is CCc1ncccc1-c1ccc(-c2n[nH]c(-c3nc4cc5c(cc4[nH]3)CNC5)c2O)cc1. The number of aryl methyl sites for hydroxylation is 1. The van der Waals surface area contributed by atoms with Crippen molar-refractivity contribution in [1.82, 2.24) is 30.5 Å². The van der Waals surface area contributed by atoms with Gasteiger partial charge >= 0.3 is 0 Å². The summed E-state index contributed by atoms with van der Waals surface area (Å²) in [5, 5.41) is 21.6. The van der Waals surface area contributed by atoms with Gasteiger partial charge < -0.3 is 15.4 Å². The van der Waals surface area contributed by atoms with Gasteiger partial charge in [-0.2, -0.15) is 5.10 Å². The predicted molar refractivity (Wildman–Crippen MR) is 124 cm³/mol. The van der Waals surface area contributed by atoms with Crippen molar-refractivity contribution in [3.63, 3.8) is 0 Å². The first-order valence-electron chi connectivity index (χ1n) is 10.8. The topological polar surface area (TPSA) is 103 Å². The van der Waals surface area contributed by atoms with Crippen LogP contribution in [0.4, 0.5) is 0 Å². The van der Waals surface area contributed by atoms with E-state index in [4.69, 9.17) is 0 Å². The standard InChI is InChI=1S/C25H22N6O/c1-2-19-18(4-3-9-27-19)14-5-7-15(8-6-14)22-24(32)23(31-30-22)25-28-20-10-16-12-26-13-17(16)11-21(20)29-25/h3-11,26,32H,2,12-13H2,1H3,(H,28,29)(H,30,31). The fourth-order valence-corrected chi connectivity index (χ4v) is 4.42. The third kappa shape index (κ3) is 2.98. The Morgan fingerprint density at radius 2 is 1.78 bits per heavy atom. The Hall–Kier alpha value is -3.97. The third-order valence-corrected chi connectivity index (χ3v) is 6.11. The number of pyridine rings is 1. The molecule has 0 spiro atoms. The molecule has 2 aromatic carbocycles. The van der Waals surface area contributed by atoms with Crippen molar-refractivity contribution >= 4 is 11.0 Å². The van der Waals surface area contributed by atoms with Gasteiger partial charge in [-0.05, 0) is 41.3 Å². The number of nitrogens with one attached hydrogen (secondary N) is 3.